The standard InChI is InChI=1S/C14H9ClN2S2/c15-11-6-8-12(9-7-11)18-14-13(16-17-19-14)10-4-2-1-3-5-10/h1-9H. The van der Waals surface area contributed by atoms with Crippen molar-refractivity contribution in [2.75, 3.05) is 0 Å². The summed E-state index contributed by atoms with van der Waals surface area (Å²) in [6.07, 6.45) is 0. The van der Waals surface area contributed by atoms with Crippen LogP contribution in [0.3, 0.4) is 0 Å². The number of nitrogens with zero attached hydrogens (tertiary/aromatic N) is 2. The molecule has 0 fully saturated rings. The van der Waals surface area contributed by atoms with Gasteiger partial charge in [0.05, 0.1) is 0 Å². The average Bonchev–Trinajstić information content (AvgIpc) is 2.90. The molecule has 0 radical (unpaired) electrons. The molecule has 2 aromatic carbocycles. The maximum absolute atomic E-state index is 5.89. The fourth-order valence-corrected chi connectivity index (χ4v) is 3.48. The van der Waals surface area contributed by atoms with Crippen LogP contribution in [0.5, 0.6) is 0 Å². The predicted octanol–water partition coefficient (Wildman–Crippen LogP) is 5.01. The average molecular weight is 305 g/mol. The predicted molar refractivity (Wildman–Crippen MR) is 80.9 cm³/mol. The van der Waals surface area contributed by atoms with Crippen molar-refractivity contribution in [3.8, 4) is 11.3 Å². The minimum absolute atomic E-state index is 0.745. The van der Waals surface area contributed by atoms with Gasteiger partial charge in [0.1, 0.15) is 9.90 Å². The molecule has 19 heavy (non-hydrogen) atoms. The largest absolute Gasteiger partial charge is 0.137 e. The van der Waals surface area contributed by atoms with Crippen LogP contribution < -0.4 is 0 Å². The van der Waals surface area contributed by atoms with Crippen molar-refractivity contribution in [2.45, 2.75) is 9.10 Å². The Labute approximate surface area is 124 Å². The van der Waals surface area contributed by atoms with Crippen LogP contribution in [0.15, 0.2) is 63.7 Å². The highest BCUT2D eigenvalue weighted by atomic mass is 35.5. The van der Waals surface area contributed by atoms with E-state index in [-0.39, 0.29) is 0 Å². The Kier molecular flexibility index (Phi) is 3.82. The zero-order valence-electron chi connectivity index (χ0n) is 9.79. The first-order valence-corrected chi connectivity index (χ1v) is 7.61. The van der Waals surface area contributed by atoms with E-state index in [2.05, 4.69) is 9.59 Å². The van der Waals surface area contributed by atoms with Crippen LogP contribution in [0, 0.1) is 0 Å². The first kappa shape index (κ1) is 12.7. The zero-order valence-corrected chi connectivity index (χ0v) is 12.2. The van der Waals surface area contributed by atoms with Gasteiger partial charge < -0.3 is 0 Å². The Hall–Kier alpha value is -1.36. The van der Waals surface area contributed by atoms with Gasteiger partial charge in [-0.2, -0.15) is 0 Å². The van der Waals surface area contributed by atoms with Crippen molar-refractivity contribution < 1.29 is 0 Å². The third kappa shape index (κ3) is 2.97. The Bertz CT molecular complexity index is 665. The number of aromatic nitrogens is 2. The Morgan fingerprint density at radius 2 is 1.68 bits per heavy atom. The van der Waals surface area contributed by atoms with Crippen LogP contribution in [0.2, 0.25) is 5.02 Å². The molecule has 0 saturated carbocycles. The lowest BCUT2D eigenvalue weighted by molar-refractivity contribution is 1.15. The first-order chi connectivity index (χ1) is 9.33. The van der Waals surface area contributed by atoms with Crippen molar-refractivity contribution >= 4 is 34.9 Å². The van der Waals surface area contributed by atoms with E-state index in [0.717, 1.165) is 25.4 Å². The van der Waals surface area contributed by atoms with Gasteiger partial charge in [0.25, 0.3) is 0 Å². The minimum Gasteiger partial charge on any atom is -0.137 e. The van der Waals surface area contributed by atoms with E-state index in [1.807, 2.05) is 54.6 Å². The van der Waals surface area contributed by atoms with Crippen LogP contribution in [-0.2, 0) is 0 Å². The fourth-order valence-electron chi connectivity index (χ4n) is 1.63. The number of hydrogen-bond donors (Lipinski definition) is 0. The van der Waals surface area contributed by atoms with Gasteiger partial charge in [-0.1, -0.05) is 58.2 Å². The van der Waals surface area contributed by atoms with Crippen LogP contribution in [0.4, 0.5) is 0 Å². The molecular formula is C14H9ClN2S2. The molecule has 3 aromatic rings. The molecule has 0 saturated heterocycles. The highest BCUT2D eigenvalue weighted by Crippen LogP contribution is 2.37. The van der Waals surface area contributed by atoms with Crippen molar-refractivity contribution in [3.63, 3.8) is 0 Å². The van der Waals surface area contributed by atoms with Gasteiger partial charge in [0, 0.05) is 15.5 Å². The molecule has 1 aromatic heterocycles. The van der Waals surface area contributed by atoms with Gasteiger partial charge in [-0.15, -0.1) is 5.10 Å². The maximum Gasteiger partial charge on any atom is 0.119 e. The summed E-state index contributed by atoms with van der Waals surface area (Å²) in [6, 6.07) is 17.9. The van der Waals surface area contributed by atoms with Gasteiger partial charge in [-0.3, -0.25) is 0 Å². The molecule has 5 heteroatoms. The number of rotatable bonds is 3. The van der Waals surface area contributed by atoms with E-state index < -0.39 is 0 Å². The summed E-state index contributed by atoms with van der Waals surface area (Å²) < 4.78 is 5.15. The van der Waals surface area contributed by atoms with Gasteiger partial charge in [0.15, 0.2) is 0 Å². The molecule has 0 bridgehead atoms. The molecule has 0 aliphatic carbocycles. The third-order valence-corrected chi connectivity index (χ3v) is 4.66. The third-order valence-electron chi connectivity index (χ3n) is 2.53. The highest BCUT2D eigenvalue weighted by Gasteiger charge is 2.11. The lowest BCUT2D eigenvalue weighted by Gasteiger charge is -2.01. The molecule has 2 nitrogen and oxygen atoms in total. The van der Waals surface area contributed by atoms with E-state index in [1.165, 1.54) is 11.5 Å². The molecule has 94 valence electrons. The van der Waals surface area contributed by atoms with Crippen LogP contribution in [-0.4, -0.2) is 9.59 Å². The minimum atomic E-state index is 0.745. The number of halogens is 1. The second-order valence-corrected chi connectivity index (χ2v) is 6.36. The SMILES string of the molecule is Clc1ccc(Sc2snnc2-c2ccccc2)cc1. The van der Waals surface area contributed by atoms with Gasteiger partial charge >= 0.3 is 0 Å². The summed E-state index contributed by atoms with van der Waals surface area (Å²) in [6.45, 7) is 0. The first-order valence-electron chi connectivity index (χ1n) is 5.64. The number of hydrogen-bond acceptors (Lipinski definition) is 4. The summed E-state index contributed by atoms with van der Waals surface area (Å²) in [4.78, 5) is 1.13. The molecule has 0 unspecified atom stereocenters. The lowest BCUT2D eigenvalue weighted by atomic mass is 10.2. The normalized spacial score (nSPS) is 10.6. The van der Waals surface area contributed by atoms with Crippen molar-refractivity contribution in [2.24, 2.45) is 0 Å². The van der Waals surface area contributed by atoms with Gasteiger partial charge in [0.2, 0.25) is 0 Å². The van der Waals surface area contributed by atoms with Crippen molar-refractivity contribution in [1.82, 2.24) is 9.59 Å². The summed E-state index contributed by atoms with van der Waals surface area (Å²) in [7, 11) is 0. The molecule has 0 atom stereocenters. The molecule has 3 rings (SSSR count). The summed E-state index contributed by atoms with van der Waals surface area (Å²) in [5.74, 6) is 0. The van der Waals surface area contributed by atoms with E-state index in [4.69, 9.17) is 11.6 Å². The van der Waals surface area contributed by atoms with Crippen LogP contribution in [0.1, 0.15) is 0 Å². The van der Waals surface area contributed by atoms with Gasteiger partial charge in [-0.05, 0) is 35.8 Å². The molecule has 0 aliphatic heterocycles. The van der Waals surface area contributed by atoms with E-state index >= 15 is 0 Å². The van der Waals surface area contributed by atoms with E-state index in [1.54, 1.807) is 11.8 Å². The van der Waals surface area contributed by atoms with Gasteiger partial charge in [-0.25, -0.2) is 0 Å². The lowest BCUT2D eigenvalue weighted by Crippen LogP contribution is -1.79. The fraction of sp³-hybridized carbons (Fsp3) is 0. The summed E-state index contributed by atoms with van der Waals surface area (Å²) in [5, 5.41) is 4.97. The van der Waals surface area contributed by atoms with Crippen molar-refractivity contribution in [1.29, 1.82) is 0 Å². The molecule has 0 spiro atoms. The topological polar surface area (TPSA) is 25.8 Å². The number of benzene rings is 2. The Balaban J connectivity index is 1.91. The quantitative estimate of drug-likeness (QED) is 0.680. The van der Waals surface area contributed by atoms with Crippen molar-refractivity contribution in [3.05, 3.63) is 59.6 Å². The second kappa shape index (κ2) is 5.74. The Morgan fingerprint density at radius 1 is 0.947 bits per heavy atom. The van der Waals surface area contributed by atoms with Crippen LogP contribution in [0.25, 0.3) is 11.3 Å². The molecule has 0 N–H and O–H groups in total. The smallest absolute Gasteiger partial charge is 0.119 e. The monoisotopic (exact) mass is 304 g/mol. The van der Waals surface area contributed by atoms with E-state index in [0.29, 0.717) is 0 Å². The Morgan fingerprint density at radius 3 is 2.42 bits per heavy atom. The zero-order chi connectivity index (χ0) is 13.1. The molecule has 1 heterocycles. The molecular weight excluding hydrogens is 296 g/mol. The summed E-state index contributed by atoms with van der Waals surface area (Å²) in [5.41, 5.74) is 2.03. The molecule has 0 aliphatic rings. The van der Waals surface area contributed by atoms with E-state index in [9.17, 15) is 0 Å². The second-order valence-electron chi connectivity index (χ2n) is 3.83. The highest BCUT2D eigenvalue weighted by molar-refractivity contribution is 8.01. The van der Waals surface area contributed by atoms with Crippen LogP contribution >= 0.6 is 34.9 Å². The molecule has 0 amide bonds. The maximum atomic E-state index is 5.89. The summed E-state index contributed by atoms with van der Waals surface area (Å²) >= 11 is 8.96.